The zero-order valence-corrected chi connectivity index (χ0v) is 10.0. The van der Waals surface area contributed by atoms with Crippen LogP contribution >= 0.6 is 0 Å². The van der Waals surface area contributed by atoms with Crippen LogP contribution in [0.15, 0.2) is 30.3 Å². The summed E-state index contributed by atoms with van der Waals surface area (Å²) >= 11 is 0. The summed E-state index contributed by atoms with van der Waals surface area (Å²) in [6.45, 7) is 2.79. The topological polar surface area (TPSA) is 50.9 Å². The zero-order valence-electron chi connectivity index (χ0n) is 10.0. The summed E-state index contributed by atoms with van der Waals surface area (Å²) in [5.41, 5.74) is 1.30. The molecule has 0 atom stereocenters. The quantitative estimate of drug-likeness (QED) is 0.850. The minimum Gasteiger partial charge on any atom is -0.388 e. The second kappa shape index (κ2) is 5.59. The Hall–Kier alpha value is -1.68. The van der Waals surface area contributed by atoms with Crippen molar-refractivity contribution in [2.75, 3.05) is 0 Å². The molecule has 0 aliphatic carbocycles. The molecule has 0 aliphatic rings. The molecule has 1 aromatic carbocycles. The number of aliphatic hydroxyl groups is 1. The number of hydrogen-bond acceptors (Lipinski definition) is 3. The average Bonchev–Trinajstić information content (AvgIpc) is 2.79. The minimum atomic E-state index is -0.0494. The molecule has 1 N–H and O–H groups in total. The minimum absolute atomic E-state index is 0.0494. The van der Waals surface area contributed by atoms with Gasteiger partial charge in [0, 0.05) is 13.0 Å². The van der Waals surface area contributed by atoms with E-state index in [1.807, 2.05) is 29.7 Å². The fourth-order valence-electron chi connectivity index (χ4n) is 1.94. The summed E-state index contributed by atoms with van der Waals surface area (Å²) < 4.78 is 1.98. The molecule has 0 unspecified atom stereocenters. The van der Waals surface area contributed by atoms with Gasteiger partial charge in [-0.05, 0) is 18.9 Å². The molecule has 0 saturated carbocycles. The van der Waals surface area contributed by atoms with Crippen LogP contribution in [0.2, 0.25) is 0 Å². The van der Waals surface area contributed by atoms with Crippen molar-refractivity contribution in [3.63, 3.8) is 0 Å². The highest BCUT2D eigenvalue weighted by molar-refractivity contribution is 5.15. The van der Waals surface area contributed by atoms with Crippen LogP contribution in [0.4, 0.5) is 0 Å². The summed E-state index contributed by atoms with van der Waals surface area (Å²) in [5.74, 6) is 1.59. The molecule has 90 valence electrons. The predicted octanol–water partition coefficient (Wildman–Crippen LogP) is 1.58. The van der Waals surface area contributed by atoms with E-state index in [0.29, 0.717) is 5.82 Å². The Kier molecular flexibility index (Phi) is 3.88. The molecule has 0 aliphatic heterocycles. The molecule has 0 bridgehead atoms. The van der Waals surface area contributed by atoms with Crippen molar-refractivity contribution in [2.24, 2.45) is 0 Å². The molecular formula is C13H17N3O. The lowest BCUT2D eigenvalue weighted by atomic mass is 10.1. The third kappa shape index (κ3) is 2.71. The van der Waals surface area contributed by atoms with Gasteiger partial charge in [-0.25, -0.2) is 0 Å². The van der Waals surface area contributed by atoms with Crippen molar-refractivity contribution in [2.45, 2.75) is 32.9 Å². The highest BCUT2D eigenvalue weighted by Crippen LogP contribution is 2.07. The second-order valence-corrected chi connectivity index (χ2v) is 3.92. The molecule has 2 aromatic rings. The van der Waals surface area contributed by atoms with Gasteiger partial charge in [0.2, 0.25) is 0 Å². The van der Waals surface area contributed by atoms with E-state index >= 15 is 0 Å². The number of benzene rings is 1. The lowest BCUT2D eigenvalue weighted by Crippen LogP contribution is -2.07. The smallest absolute Gasteiger partial charge is 0.158 e. The van der Waals surface area contributed by atoms with E-state index in [0.717, 1.165) is 25.2 Å². The molecule has 4 nitrogen and oxygen atoms in total. The van der Waals surface area contributed by atoms with E-state index in [-0.39, 0.29) is 6.61 Å². The van der Waals surface area contributed by atoms with Crippen LogP contribution in [-0.4, -0.2) is 19.9 Å². The molecule has 0 amide bonds. The molecule has 1 aromatic heterocycles. The van der Waals surface area contributed by atoms with Crippen molar-refractivity contribution in [3.8, 4) is 0 Å². The van der Waals surface area contributed by atoms with Gasteiger partial charge in [-0.1, -0.05) is 30.3 Å². The van der Waals surface area contributed by atoms with E-state index in [9.17, 15) is 0 Å². The number of rotatable bonds is 5. The van der Waals surface area contributed by atoms with Crippen LogP contribution in [0, 0.1) is 0 Å². The summed E-state index contributed by atoms with van der Waals surface area (Å²) in [6.07, 6.45) is 1.80. The van der Waals surface area contributed by atoms with Crippen LogP contribution in [0.25, 0.3) is 0 Å². The van der Waals surface area contributed by atoms with Crippen molar-refractivity contribution in [3.05, 3.63) is 47.5 Å². The van der Waals surface area contributed by atoms with E-state index in [4.69, 9.17) is 5.11 Å². The number of nitrogens with zero attached hydrogens (tertiary/aromatic N) is 3. The molecular weight excluding hydrogens is 214 g/mol. The largest absolute Gasteiger partial charge is 0.388 e. The van der Waals surface area contributed by atoms with Crippen molar-refractivity contribution >= 4 is 0 Å². The first-order valence-corrected chi connectivity index (χ1v) is 5.91. The van der Waals surface area contributed by atoms with Gasteiger partial charge in [-0.2, -0.15) is 0 Å². The van der Waals surface area contributed by atoms with Crippen molar-refractivity contribution in [1.82, 2.24) is 14.8 Å². The van der Waals surface area contributed by atoms with E-state index in [1.165, 1.54) is 5.56 Å². The van der Waals surface area contributed by atoms with Crippen LogP contribution < -0.4 is 0 Å². The molecule has 17 heavy (non-hydrogen) atoms. The van der Waals surface area contributed by atoms with Gasteiger partial charge in [0.25, 0.3) is 0 Å². The van der Waals surface area contributed by atoms with Crippen LogP contribution in [-0.2, 0) is 26.0 Å². The Bertz CT molecular complexity index is 465. The second-order valence-electron chi connectivity index (χ2n) is 3.92. The summed E-state index contributed by atoms with van der Waals surface area (Å²) in [5, 5.41) is 17.2. The molecule has 4 heteroatoms. The van der Waals surface area contributed by atoms with Crippen molar-refractivity contribution in [1.29, 1.82) is 0 Å². The molecule has 1 heterocycles. The van der Waals surface area contributed by atoms with Gasteiger partial charge in [0.1, 0.15) is 12.4 Å². The Morgan fingerprint density at radius 1 is 1.06 bits per heavy atom. The lowest BCUT2D eigenvalue weighted by Gasteiger charge is -2.05. The summed E-state index contributed by atoms with van der Waals surface area (Å²) in [6, 6.07) is 10.3. The first kappa shape index (κ1) is 11.8. The fraction of sp³-hybridized carbons (Fsp3) is 0.385. The van der Waals surface area contributed by atoms with E-state index < -0.39 is 0 Å². The van der Waals surface area contributed by atoms with Crippen LogP contribution in [0.3, 0.4) is 0 Å². The number of aliphatic hydroxyl groups excluding tert-OH is 1. The predicted molar refractivity (Wildman–Crippen MR) is 65.5 cm³/mol. The monoisotopic (exact) mass is 231 g/mol. The molecule has 0 saturated heterocycles. The Morgan fingerprint density at radius 2 is 1.76 bits per heavy atom. The average molecular weight is 231 g/mol. The lowest BCUT2D eigenvalue weighted by molar-refractivity contribution is 0.264. The van der Waals surface area contributed by atoms with Gasteiger partial charge in [0.15, 0.2) is 5.82 Å². The molecule has 0 spiro atoms. The Labute approximate surface area is 101 Å². The first-order chi connectivity index (χ1) is 8.35. The fourth-order valence-corrected chi connectivity index (χ4v) is 1.94. The number of aryl methyl sites for hydroxylation is 2. The maximum absolute atomic E-state index is 9.12. The maximum Gasteiger partial charge on any atom is 0.158 e. The van der Waals surface area contributed by atoms with Crippen molar-refractivity contribution < 1.29 is 5.11 Å². The highest BCUT2D eigenvalue weighted by Gasteiger charge is 2.09. The normalized spacial score (nSPS) is 10.7. The highest BCUT2D eigenvalue weighted by atomic mass is 16.3. The Morgan fingerprint density at radius 3 is 2.41 bits per heavy atom. The molecule has 2 rings (SSSR count). The third-order valence-electron chi connectivity index (χ3n) is 2.84. The third-order valence-corrected chi connectivity index (χ3v) is 2.84. The zero-order chi connectivity index (χ0) is 12.1. The SMILES string of the molecule is CCn1c(CO)nnc1CCc1ccccc1. The molecule has 0 fully saturated rings. The number of aromatic nitrogens is 3. The summed E-state index contributed by atoms with van der Waals surface area (Å²) in [4.78, 5) is 0. The summed E-state index contributed by atoms with van der Waals surface area (Å²) in [7, 11) is 0. The van der Waals surface area contributed by atoms with Crippen LogP contribution in [0.1, 0.15) is 24.1 Å². The first-order valence-electron chi connectivity index (χ1n) is 5.91. The van der Waals surface area contributed by atoms with Gasteiger partial charge < -0.3 is 9.67 Å². The van der Waals surface area contributed by atoms with Crippen LogP contribution in [0.5, 0.6) is 0 Å². The van der Waals surface area contributed by atoms with Gasteiger partial charge in [-0.15, -0.1) is 10.2 Å². The van der Waals surface area contributed by atoms with Gasteiger partial charge >= 0.3 is 0 Å². The van der Waals surface area contributed by atoms with E-state index in [1.54, 1.807) is 0 Å². The standard InChI is InChI=1S/C13H17N3O/c1-2-16-12(14-15-13(16)10-17)9-8-11-6-4-3-5-7-11/h3-7,17H,2,8-10H2,1H3. The molecule has 0 radical (unpaired) electrons. The van der Waals surface area contributed by atoms with Gasteiger partial charge in [0.05, 0.1) is 0 Å². The maximum atomic E-state index is 9.12. The Balaban J connectivity index is 2.06. The van der Waals surface area contributed by atoms with E-state index in [2.05, 4.69) is 22.3 Å². The van der Waals surface area contributed by atoms with Gasteiger partial charge in [-0.3, -0.25) is 0 Å². The number of hydrogen-bond donors (Lipinski definition) is 1.